The molecule has 3 aromatic rings. The fourth-order valence-electron chi connectivity index (χ4n) is 2.70. The topological polar surface area (TPSA) is 171 Å². The number of anilines is 1. The number of nitrogens with zero attached hydrogens (tertiary/aromatic N) is 2. The summed E-state index contributed by atoms with van der Waals surface area (Å²) < 4.78 is 60.9. The van der Waals surface area contributed by atoms with Gasteiger partial charge in [-0.05, 0) is 24.3 Å². The van der Waals surface area contributed by atoms with Crippen LogP contribution in [0, 0.1) is 0 Å². The maximum absolute atomic E-state index is 11.8. The Bertz CT molecular complexity index is 1420. The van der Waals surface area contributed by atoms with Gasteiger partial charge in [-0.2, -0.15) is 5.10 Å². The van der Waals surface area contributed by atoms with Crippen molar-refractivity contribution >= 4 is 55.1 Å². The molecule has 1 N–H and O–H groups in total. The van der Waals surface area contributed by atoms with Gasteiger partial charge >= 0.3 is 109 Å². The standard InChI is InChI=1S/C17H13Cl2N3O8S2.2K/c1-31(25,26)21-15-8-14(9-3-2-4-11(5-9)32(27,28)29)20-22(15)16-12(18)6-10(7-13(16)19)17(23)30-24;;/h2-8,21,24H,1H3,(H,27,28,29);;/q;2*+1/p-2. The van der Waals surface area contributed by atoms with E-state index < -0.39 is 31.0 Å². The Hall–Kier alpha value is 0.593. The molecular weight excluding hydrogens is 587 g/mol. The molecule has 2 aromatic carbocycles. The normalized spacial score (nSPS) is 11.2. The van der Waals surface area contributed by atoms with Gasteiger partial charge in [0.2, 0.25) is 10.0 Å². The SMILES string of the molecule is CS(=O)(=O)Nc1cc(-c2cccc(S(=O)(=O)[O-])c2)nn1-c1c(Cl)cc(C(=O)O[O-])cc1Cl.[K+].[K+]. The minimum atomic E-state index is -4.75. The van der Waals surface area contributed by atoms with E-state index >= 15 is 0 Å². The largest absolute Gasteiger partial charge is 1.00 e. The van der Waals surface area contributed by atoms with Crippen molar-refractivity contribution in [2.24, 2.45) is 0 Å². The predicted molar refractivity (Wildman–Crippen MR) is 111 cm³/mol. The molecule has 11 nitrogen and oxygen atoms in total. The maximum Gasteiger partial charge on any atom is 1.00 e. The van der Waals surface area contributed by atoms with Crippen LogP contribution >= 0.6 is 23.2 Å². The number of sulfonamides is 1. The van der Waals surface area contributed by atoms with E-state index in [4.69, 9.17) is 23.2 Å². The molecule has 1 aromatic heterocycles. The van der Waals surface area contributed by atoms with E-state index in [9.17, 15) is 31.4 Å². The van der Waals surface area contributed by atoms with Gasteiger partial charge in [0.05, 0.1) is 32.5 Å². The van der Waals surface area contributed by atoms with Crippen LogP contribution in [0.5, 0.6) is 0 Å². The van der Waals surface area contributed by atoms with Crippen molar-refractivity contribution < 1.29 is 139 Å². The van der Waals surface area contributed by atoms with Gasteiger partial charge in [0.15, 0.2) is 0 Å². The summed E-state index contributed by atoms with van der Waals surface area (Å²) in [4.78, 5) is 14.4. The van der Waals surface area contributed by atoms with Crippen LogP contribution in [0.25, 0.3) is 16.9 Å². The number of halogens is 2. The molecule has 0 amide bonds. The molecule has 3 rings (SSSR count). The molecular formula is C17H11Cl2K2N3O8S2. The first-order valence-corrected chi connectivity index (χ1v) is 12.3. The summed E-state index contributed by atoms with van der Waals surface area (Å²) in [5.74, 6) is -1.38. The van der Waals surface area contributed by atoms with E-state index in [1.807, 2.05) is 0 Å². The molecule has 17 heteroatoms. The average Bonchev–Trinajstić information content (AvgIpc) is 3.07. The molecule has 0 atom stereocenters. The summed E-state index contributed by atoms with van der Waals surface area (Å²) in [7, 11) is -8.57. The maximum atomic E-state index is 11.8. The molecule has 0 saturated carbocycles. The molecule has 0 bridgehead atoms. The van der Waals surface area contributed by atoms with E-state index in [2.05, 4.69) is 14.7 Å². The van der Waals surface area contributed by atoms with Crippen molar-refractivity contribution in [3.63, 3.8) is 0 Å². The third kappa shape index (κ3) is 8.04. The van der Waals surface area contributed by atoms with Crippen LogP contribution in [0.2, 0.25) is 10.0 Å². The second kappa shape index (κ2) is 12.9. The van der Waals surface area contributed by atoms with Gasteiger partial charge in [0, 0.05) is 11.6 Å². The quantitative estimate of drug-likeness (QED) is 0.127. The Morgan fingerprint density at radius 1 is 1.06 bits per heavy atom. The number of benzene rings is 2. The van der Waals surface area contributed by atoms with Crippen molar-refractivity contribution in [2.45, 2.75) is 4.90 Å². The Morgan fingerprint density at radius 3 is 2.15 bits per heavy atom. The summed E-state index contributed by atoms with van der Waals surface area (Å²) >= 11 is 12.4. The number of aromatic nitrogens is 2. The van der Waals surface area contributed by atoms with Gasteiger partial charge in [-0.15, -0.1) is 0 Å². The molecule has 0 spiro atoms. The van der Waals surface area contributed by atoms with Crippen LogP contribution in [-0.4, -0.2) is 43.4 Å². The number of hydrogen-bond donors (Lipinski definition) is 1. The van der Waals surface area contributed by atoms with Crippen LogP contribution in [0.1, 0.15) is 10.4 Å². The van der Waals surface area contributed by atoms with E-state index in [0.29, 0.717) is 0 Å². The van der Waals surface area contributed by atoms with Crippen LogP contribution < -0.4 is 113 Å². The van der Waals surface area contributed by atoms with Crippen molar-refractivity contribution in [1.82, 2.24) is 9.78 Å². The van der Waals surface area contributed by atoms with Gasteiger partial charge in [-0.3, -0.25) is 4.72 Å². The van der Waals surface area contributed by atoms with Gasteiger partial charge in [0.1, 0.15) is 21.6 Å². The first kappa shape index (κ1) is 32.6. The van der Waals surface area contributed by atoms with Crippen LogP contribution in [0.4, 0.5) is 5.82 Å². The molecule has 34 heavy (non-hydrogen) atoms. The monoisotopic (exact) mass is 597 g/mol. The molecule has 0 saturated heterocycles. The fourth-order valence-corrected chi connectivity index (χ4v) is 4.39. The zero-order valence-corrected chi connectivity index (χ0v) is 27.2. The number of hydrogen-bond acceptors (Lipinski definition) is 9. The van der Waals surface area contributed by atoms with Crippen LogP contribution in [0.15, 0.2) is 47.4 Å². The first-order chi connectivity index (χ1) is 14.8. The molecule has 170 valence electrons. The van der Waals surface area contributed by atoms with Crippen molar-refractivity contribution in [3.8, 4) is 16.9 Å². The summed E-state index contributed by atoms with van der Waals surface area (Å²) in [5, 5.41) is 14.2. The first-order valence-electron chi connectivity index (χ1n) is 8.28. The third-order valence-electron chi connectivity index (χ3n) is 3.96. The van der Waals surface area contributed by atoms with E-state index in [1.165, 1.54) is 18.2 Å². The smallest absolute Gasteiger partial charge is 0.744 e. The van der Waals surface area contributed by atoms with Crippen LogP contribution in [0.3, 0.4) is 0 Å². The third-order valence-corrected chi connectivity index (χ3v) is 5.95. The molecule has 0 aliphatic rings. The Balaban J connectivity index is 0.00000289. The van der Waals surface area contributed by atoms with Gasteiger partial charge in [-0.1, -0.05) is 35.3 Å². The molecule has 0 unspecified atom stereocenters. The predicted octanol–water partition coefficient (Wildman–Crippen LogP) is -4.44. The van der Waals surface area contributed by atoms with E-state index in [0.717, 1.165) is 35.2 Å². The summed E-state index contributed by atoms with van der Waals surface area (Å²) in [6.45, 7) is 0. The second-order valence-corrected chi connectivity index (χ2v) is 10.3. The van der Waals surface area contributed by atoms with Gasteiger partial charge < -0.3 is 14.7 Å². The molecule has 0 fully saturated rings. The summed E-state index contributed by atoms with van der Waals surface area (Å²) in [5.41, 5.74) is -0.0641. The molecule has 0 radical (unpaired) electrons. The zero-order chi connectivity index (χ0) is 23.8. The molecule has 0 aliphatic carbocycles. The average molecular weight is 599 g/mol. The summed E-state index contributed by atoms with van der Waals surface area (Å²) in [6.07, 6.45) is 0.880. The Labute approximate surface area is 289 Å². The molecule has 1 heterocycles. The van der Waals surface area contributed by atoms with Crippen molar-refractivity contribution in [3.05, 3.63) is 58.1 Å². The van der Waals surface area contributed by atoms with Gasteiger partial charge in [-0.25, -0.2) is 26.3 Å². The summed E-state index contributed by atoms with van der Waals surface area (Å²) in [6, 6.07) is 8.31. The number of rotatable bonds is 6. The Morgan fingerprint density at radius 2 is 1.65 bits per heavy atom. The van der Waals surface area contributed by atoms with Gasteiger partial charge in [0.25, 0.3) is 0 Å². The minimum absolute atomic E-state index is 0. The van der Waals surface area contributed by atoms with Crippen molar-refractivity contribution in [2.75, 3.05) is 11.0 Å². The number of carbonyl (C=O) groups is 1. The van der Waals surface area contributed by atoms with Crippen LogP contribution in [-0.2, 0) is 25.0 Å². The minimum Gasteiger partial charge on any atom is -0.744 e. The number of carbonyl (C=O) groups excluding carboxylic acids is 1. The fraction of sp³-hybridized carbons (Fsp3) is 0.0588. The molecule has 0 aliphatic heterocycles. The van der Waals surface area contributed by atoms with E-state index in [-0.39, 0.29) is 141 Å². The zero-order valence-electron chi connectivity index (χ0n) is 17.8. The Kier molecular flexibility index (Phi) is 12.4. The van der Waals surface area contributed by atoms with E-state index in [1.54, 1.807) is 0 Å². The second-order valence-electron chi connectivity index (χ2n) is 6.34. The van der Waals surface area contributed by atoms with Crippen molar-refractivity contribution in [1.29, 1.82) is 0 Å². The number of nitrogens with one attached hydrogen (secondary N) is 1.